The van der Waals surface area contributed by atoms with Gasteiger partial charge in [0, 0.05) is 11.6 Å². The molecule has 6 heteroatoms. The van der Waals surface area contributed by atoms with E-state index in [-0.39, 0.29) is 16.5 Å². The molecule has 24 heavy (non-hydrogen) atoms. The van der Waals surface area contributed by atoms with Crippen LogP contribution in [0.5, 0.6) is 5.75 Å². The number of allylic oxidation sites excluding steroid dienone is 1. The summed E-state index contributed by atoms with van der Waals surface area (Å²) in [5.74, 6) is 0.514. The monoisotopic (exact) mass is 345 g/mol. The summed E-state index contributed by atoms with van der Waals surface area (Å²) < 4.78 is 5.46. The summed E-state index contributed by atoms with van der Waals surface area (Å²) in [5, 5.41) is 10.9. The molecule has 0 radical (unpaired) electrons. The van der Waals surface area contributed by atoms with E-state index in [0.717, 1.165) is 6.42 Å². The van der Waals surface area contributed by atoms with Gasteiger partial charge in [-0.2, -0.15) is 0 Å². The summed E-state index contributed by atoms with van der Waals surface area (Å²) in [6, 6.07) is 11.2. The van der Waals surface area contributed by atoms with Gasteiger partial charge in [-0.15, -0.1) is 0 Å². The second-order valence-electron chi connectivity index (χ2n) is 5.04. The van der Waals surface area contributed by atoms with Crippen molar-refractivity contribution in [2.45, 2.75) is 13.3 Å². The Bertz CT molecular complexity index is 769. The standard InChI is InChI=1S/C18H16ClNO4/c1-2-11-24-15-7-5-14(6-8-15)18(21)10-4-13-3-9-16(19)17(12-13)20(22)23/h3-10,12H,2,11H2,1H3/b10-4+. The Labute approximate surface area is 144 Å². The van der Waals surface area contributed by atoms with Gasteiger partial charge in [0.05, 0.1) is 11.5 Å². The molecule has 2 aromatic carbocycles. The number of ketones is 1. The minimum Gasteiger partial charge on any atom is -0.494 e. The molecule has 0 unspecified atom stereocenters. The van der Waals surface area contributed by atoms with E-state index in [0.29, 0.717) is 23.5 Å². The van der Waals surface area contributed by atoms with E-state index < -0.39 is 4.92 Å². The number of carbonyl (C=O) groups is 1. The first kappa shape index (κ1) is 17.7. The molecule has 0 heterocycles. The van der Waals surface area contributed by atoms with Crippen LogP contribution in [0.25, 0.3) is 6.08 Å². The molecule has 5 nitrogen and oxygen atoms in total. The minimum atomic E-state index is -0.559. The fourth-order valence-corrected chi connectivity index (χ4v) is 2.16. The highest BCUT2D eigenvalue weighted by molar-refractivity contribution is 6.32. The van der Waals surface area contributed by atoms with Crippen molar-refractivity contribution in [1.29, 1.82) is 0 Å². The molecule has 0 aromatic heterocycles. The van der Waals surface area contributed by atoms with Gasteiger partial charge in [0.1, 0.15) is 10.8 Å². The van der Waals surface area contributed by atoms with E-state index in [9.17, 15) is 14.9 Å². The molecule has 0 spiro atoms. The third-order valence-corrected chi connectivity index (χ3v) is 3.53. The first-order chi connectivity index (χ1) is 11.5. The molecule has 0 atom stereocenters. The van der Waals surface area contributed by atoms with E-state index in [1.165, 1.54) is 24.3 Å². The Kier molecular flexibility index (Phi) is 6.09. The molecule has 0 aliphatic rings. The lowest BCUT2D eigenvalue weighted by atomic mass is 10.1. The van der Waals surface area contributed by atoms with E-state index in [1.54, 1.807) is 30.3 Å². The van der Waals surface area contributed by atoms with E-state index in [1.807, 2.05) is 6.92 Å². The lowest BCUT2D eigenvalue weighted by molar-refractivity contribution is -0.384. The van der Waals surface area contributed by atoms with Crippen molar-refractivity contribution in [2.24, 2.45) is 0 Å². The summed E-state index contributed by atoms with van der Waals surface area (Å²) in [5.41, 5.74) is 0.851. The van der Waals surface area contributed by atoms with Gasteiger partial charge in [-0.3, -0.25) is 14.9 Å². The predicted octanol–water partition coefficient (Wildman–Crippen LogP) is 4.93. The van der Waals surface area contributed by atoms with Crippen LogP contribution in [0, 0.1) is 10.1 Å². The van der Waals surface area contributed by atoms with E-state index in [4.69, 9.17) is 16.3 Å². The highest BCUT2D eigenvalue weighted by Gasteiger charge is 2.11. The molecule has 0 saturated heterocycles. The molecule has 0 aliphatic carbocycles. The zero-order valence-electron chi connectivity index (χ0n) is 13.1. The van der Waals surface area contributed by atoms with E-state index in [2.05, 4.69) is 0 Å². The quantitative estimate of drug-likeness (QED) is 0.308. The molecule has 0 bridgehead atoms. The molecule has 0 aliphatic heterocycles. The second kappa shape index (κ2) is 8.26. The van der Waals surface area contributed by atoms with Crippen molar-refractivity contribution >= 4 is 29.1 Å². The van der Waals surface area contributed by atoms with Crippen molar-refractivity contribution in [1.82, 2.24) is 0 Å². The summed E-state index contributed by atoms with van der Waals surface area (Å²) in [4.78, 5) is 22.4. The number of rotatable bonds is 7. The highest BCUT2D eigenvalue weighted by Crippen LogP contribution is 2.25. The smallest absolute Gasteiger partial charge is 0.288 e. The second-order valence-corrected chi connectivity index (χ2v) is 5.45. The third-order valence-electron chi connectivity index (χ3n) is 3.21. The van der Waals surface area contributed by atoms with Crippen LogP contribution in [0.2, 0.25) is 5.02 Å². The van der Waals surface area contributed by atoms with Crippen molar-refractivity contribution in [3.05, 3.63) is 74.8 Å². The zero-order valence-corrected chi connectivity index (χ0v) is 13.8. The van der Waals surface area contributed by atoms with Gasteiger partial charge in [0.25, 0.3) is 5.69 Å². The largest absolute Gasteiger partial charge is 0.494 e. The van der Waals surface area contributed by atoms with Crippen LogP contribution in [-0.2, 0) is 0 Å². The van der Waals surface area contributed by atoms with Crippen LogP contribution in [0.1, 0.15) is 29.3 Å². The molecule has 0 saturated carbocycles. The number of carbonyl (C=O) groups excluding carboxylic acids is 1. The van der Waals surface area contributed by atoms with Crippen LogP contribution in [-0.4, -0.2) is 17.3 Å². The summed E-state index contributed by atoms with van der Waals surface area (Å²) in [6.07, 6.45) is 3.80. The zero-order chi connectivity index (χ0) is 17.5. The third kappa shape index (κ3) is 4.67. The van der Waals surface area contributed by atoms with Crippen LogP contribution < -0.4 is 4.74 Å². The van der Waals surface area contributed by atoms with Crippen LogP contribution in [0.15, 0.2) is 48.5 Å². The molecular weight excluding hydrogens is 330 g/mol. The molecule has 124 valence electrons. The van der Waals surface area contributed by atoms with Crippen LogP contribution >= 0.6 is 11.6 Å². The van der Waals surface area contributed by atoms with Gasteiger partial charge in [-0.25, -0.2) is 0 Å². The number of nitro benzene ring substituents is 1. The molecule has 2 aromatic rings. The number of hydrogen-bond acceptors (Lipinski definition) is 4. The maximum atomic E-state index is 12.1. The van der Waals surface area contributed by atoms with Gasteiger partial charge >= 0.3 is 0 Å². The maximum absolute atomic E-state index is 12.1. The Morgan fingerprint density at radius 1 is 1.25 bits per heavy atom. The Morgan fingerprint density at radius 2 is 1.96 bits per heavy atom. The Balaban J connectivity index is 2.10. The van der Waals surface area contributed by atoms with Gasteiger partial charge in [0.15, 0.2) is 5.78 Å². The number of nitro groups is 1. The van der Waals surface area contributed by atoms with E-state index >= 15 is 0 Å². The summed E-state index contributed by atoms with van der Waals surface area (Å²) >= 11 is 5.76. The molecular formula is C18H16ClNO4. The van der Waals surface area contributed by atoms with Crippen molar-refractivity contribution in [2.75, 3.05) is 6.61 Å². The SMILES string of the molecule is CCCOc1ccc(C(=O)/C=C/c2ccc(Cl)c([N+](=O)[O-])c2)cc1. The predicted molar refractivity (Wildman–Crippen MR) is 93.7 cm³/mol. The first-order valence-corrected chi connectivity index (χ1v) is 7.78. The lowest BCUT2D eigenvalue weighted by Crippen LogP contribution is -1.97. The van der Waals surface area contributed by atoms with Crippen LogP contribution in [0.4, 0.5) is 5.69 Å². The molecule has 2 rings (SSSR count). The van der Waals surface area contributed by atoms with Gasteiger partial charge in [-0.05, 0) is 48.4 Å². The first-order valence-electron chi connectivity index (χ1n) is 7.40. The number of ether oxygens (including phenoxy) is 1. The molecule has 0 fully saturated rings. The number of hydrogen-bond donors (Lipinski definition) is 0. The van der Waals surface area contributed by atoms with Gasteiger partial charge in [0.2, 0.25) is 0 Å². The maximum Gasteiger partial charge on any atom is 0.288 e. The number of benzene rings is 2. The Hall–Kier alpha value is -2.66. The normalized spacial score (nSPS) is 10.8. The average Bonchev–Trinajstić information content (AvgIpc) is 2.59. The molecule has 0 amide bonds. The average molecular weight is 346 g/mol. The van der Waals surface area contributed by atoms with Crippen molar-refractivity contribution < 1.29 is 14.5 Å². The number of nitrogens with zero attached hydrogens (tertiary/aromatic N) is 1. The summed E-state index contributed by atoms with van der Waals surface area (Å²) in [7, 11) is 0. The fourth-order valence-electron chi connectivity index (χ4n) is 1.98. The van der Waals surface area contributed by atoms with Crippen molar-refractivity contribution in [3.8, 4) is 5.75 Å². The van der Waals surface area contributed by atoms with Crippen molar-refractivity contribution in [3.63, 3.8) is 0 Å². The van der Waals surface area contributed by atoms with Gasteiger partial charge in [-0.1, -0.05) is 30.7 Å². The highest BCUT2D eigenvalue weighted by atomic mass is 35.5. The lowest BCUT2D eigenvalue weighted by Gasteiger charge is -2.04. The van der Waals surface area contributed by atoms with Crippen LogP contribution in [0.3, 0.4) is 0 Å². The summed E-state index contributed by atoms with van der Waals surface area (Å²) in [6.45, 7) is 2.65. The minimum absolute atomic E-state index is 0.0612. The molecule has 0 N–H and O–H groups in total. The topological polar surface area (TPSA) is 69.4 Å². The van der Waals surface area contributed by atoms with Gasteiger partial charge < -0.3 is 4.74 Å². The fraction of sp³-hybridized carbons (Fsp3) is 0.167. The Morgan fingerprint density at radius 3 is 2.58 bits per heavy atom. The number of halogens is 1.